The minimum atomic E-state index is -0.892. The van der Waals surface area contributed by atoms with Gasteiger partial charge in [0.15, 0.2) is 0 Å². The summed E-state index contributed by atoms with van der Waals surface area (Å²) in [6, 6.07) is 7.77. The van der Waals surface area contributed by atoms with Crippen molar-refractivity contribution in [2.75, 3.05) is 12.3 Å². The summed E-state index contributed by atoms with van der Waals surface area (Å²) in [5, 5.41) is 12.6. The highest BCUT2D eigenvalue weighted by molar-refractivity contribution is 7.99. The van der Waals surface area contributed by atoms with Crippen LogP contribution in [0.4, 0.5) is 0 Å². The molecule has 4 heteroatoms. The van der Waals surface area contributed by atoms with Crippen LogP contribution in [0.15, 0.2) is 29.2 Å². The summed E-state index contributed by atoms with van der Waals surface area (Å²) < 4.78 is 0. The van der Waals surface area contributed by atoms with Gasteiger partial charge in [0.05, 0.1) is 0 Å². The summed E-state index contributed by atoms with van der Waals surface area (Å²) in [5.41, 5.74) is 0.0111. The molecule has 3 nitrogen and oxygen atoms in total. The van der Waals surface area contributed by atoms with Crippen molar-refractivity contribution in [1.82, 2.24) is 5.32 Å². The average molecular weight is 237 g/mol. The fourth-order valence-corrected chi connectivity index (χ4v) is 3.38. The summed E-state index contributed by atoms with van der Waals surface area (Å²) in [6.45, 7) is 2.60. The number of hydrogen-bond donors (Lipinski definition) is 2. The summed E-state index contributed by atoms with van der Waals surface area (Å²) in [5.74, 6) is 0.0677. The first kappa shape index (κ1) is 11.5. The molecule has 2 N–H and O–H groups in total. The monoisotopic (exact) mass is 237 g/mol. The maximum atomic E-state index is 11.6. The second kappa shape index (κ2) is 4.47. The topological polar surface area (TPSA) is 49.3 Å². The molecule has 86 valence electrons. The first-order valence-electron chi connectivity index (χ1n) is 5.41. The number of likely N-dealkylation sites (N-methyl/N-ethyl adjacent to an activating group) is 1. The Bertz CT molecular complexity index is 408. The van der Waals surface area contributed by atoms with Crippen LogP contribution in [-0.4, -0.2) is 23.4 Å². The van der Waals surface area contributed by atoms with E-state index in [2.05, 4.69) is 5.32 Å². The highest BCUT2D eigenvalue weighted by Crippen LogP contribution is 2.40. The number of thioether (sulfide) groups is 1. The lowest BCUT2D eigenvalue weighted by Crippen LogP contribution is -2.51. The van der Waals surface area contributed by atoms with Crippen molar-refractivity contribution >= 4 is 17.7 Å². The van der Waals surface area contributed by atoms with E-state index in [0.717, 1.165) is 16.2 Å². The Morgan fingerprint density at radius 2 is 2.31 bits per heavy atom. The standard InChI is InChI=1S/C12H15NO2S/c1-2-13-12(11(14)15)7-8-16-10-6-4-3-5-9(10)12/h3-6,13H,2,7-8H2,1H3,(H,14,15). The van der Waals surface area contributed by atoms with Gasteiger partial charge in [-0.2, -0.15) is 0 Å². The molecule has 0 radical (unpaired) electrons. The zero-order valence-electron chi connectivity index (χ0n) is 9.19. The molecule has 1 aliphatic rings. The molecule has 1 unspecified atom stereocenters. The maximum absolute atomic E-state index is 11.6. The molecule has 2 rings (SSSR count). The van der Waals surface area contributed by atoms with Crippen molar-refractivity contribution < 1.29 is 9.90 Å². The van der Waals surface area contributed by atoms with Gasteiger partial charge in [-0.15, -0.1) is 11.8 Å². The molecule has 1 aliphatic heterocycles. The van der Waals surface area contributed by atoms with Crippen molar-refractivity contribution in [3.05, 3.63) is 29.8 Å². The van der Waals surface area contributed by atoms with Crippen LogP contribution in [-0.2, 0) is 10.3 Å². The largest absolute Gasteiger partial charge is 0.480 e. The number of aliphatic carboxylic acids is 1. The molecule has 0 saturated carbocycles. The van der Waals surface area contributed by atoms with E-state index in [0.29, 0.717) is 13.0 Å². The molecule has 1 aromatic carbocycles. The van der Waals surface area contributed by atoms with Gasteiger partial charge in [0, 0.05) is 10.6 Å². The third-order valence-corrected chi connectivity index (χ3v) is 4.00. The van der Waals surface area contributed by atoms with E-state index in [-0.39, 0.29) is 0 Å². The van der Waals surface area contributed by atoms with E-state index in [1.165, 1.54) is 0 Å². The number of nitrogens with one attached hydrogen (secondary N) is 1. The van der Waals surface area contributed by atoms with Crippen LogP contribution in [0.25, 0.3) is 0 Å². The first-order valence-corrected chi connectivity index (χ1v) is 6.40. The molecule has 0 aliphatic carbocycles. The van der Waals surface area contributed by atoms with Crippen molar-refractivity contribution in [3.63, 3.8) is 0 Å². The summed E-state index contributed by atoms with van der Waals surface area (Å²) in [7, 11) is 0. The predicted octanol–water partition coefficient (Wildman–Crippen LogP) is 2.07. The van der Waals surface area contributed by atoms with E-state index in [1.807, 2.05) is 31.2 Å². The first-order chi connectivity index (χ1) is 7.70. The fraction of sp³-hybridized carbons (Fsp3) is 0.417. The number of carboxylic acids is 1. The summed E-state index contributed by atoms with van der Waals surface area (Å²) in [6.07, 6.45) is 0.637. The number of benzene rings is 1. The molecule has 0 bridgehead atoms. The minimum absolute atomic E-state index is 0.637. The fourth-order valence-electron chi connectivity index (χ4n) is 2.18. The van der Waals surface area contributed by atoms with Crippen LogP contribution >= 0.6 is 11.8 Å². The number of hydrogen-bond acceptors (Lipinski definition) is 3. The lowest BCUT2D eigenvalue weighted by Gasteiger charge is -2.35. The Labute approximate surface area is 99.2 Å². The van der Waals surface area contributed by atoms with Gasteiger partial charge < -0.3 is 5.11 Å². The number of carboxylic acid groups (broad SMARTS) is 1. The van der Waals surface area contributed by atoms with Gasteiger partial charge in [0.25, 0.3) is 0 Å². The van der Waals surface area contributed by atoms with E-state index in [4.69, 9.17) is 0 Å². The molecular weight excluding hydrogens is 222 g/mol. The average Bonchev–Trinajstić information content (AvgIpc) is 2.29. The highest BCUT2D eigenvalue weighted by atomic mass is 32.2. The lowest BCUT2D eigenvalue weighted by molar-refractivity contribution is -0.145. The number of carbonyl (C=O) groups is 1. The third-order valence-electron chi connectivity index (χ3n) is 2.93. The van der Waals surface area contributed by atoms with Crippen LogP contribution in [0, 0.1) is 0 Å². The molecule has 0 amide bonds. The Morgan fingerprint density at radius 1 is 1.56 bits per heavy atom. The number of fused-ring (bicyclic) bond motifs is 1. The van der Waals surface area contributed by atoms with Gasteiger partial charge in [-0.05, 0) is 24.6 Å². The van der Waals surface area contributed by atoms with E-state index in [9.17, 15) is 9.90 Å². The zero-order chi connectivity index (χ0) is 11.6. The number of rotatable bonds is 3. The molecular formula is C12H15NO2S. The molecule has 0 saturated heterocycles. The Hall–Kier alpha value is -1.00. The van der Waals surface area contributed by atoms with Crippen molar-refractivity contribution in [1.29, 1.82) is 0 Å². The van der Waals surface area contributed by atoms with Gasteiger partial charge in [0.1, 0.15) is 5.54 Å². The van der Waals surface area contributed by atoms with Gasteiger partial charge in [-0.3, -0.25) is 5.32 Å². The van der Waals surface area contributed by atoms with Gasteiger partial charge in [-0.25, -0.2) is 4.79 Å². The van der Waals surface area contributed by atoms with Gasteiger partial charge in [0.2, 0.25) is 0 Å². The van der Waals surface area contributed by atoms with Gasteiger partial charge >= 0.3 is 5.97 Å². The Morgan fingerprint density at radius 3 is 3.00 bits per heavy atom. The lowest BCUT2D eigenvalue weighted by atomic mass is 9.86. The molecule has 1 aromatic rings. The van der Waals surface area contributed by atoms with Crippen LogP contribution in [0.2, 0.25) is 0 Å². The van der Waals surface area contributed by atoms with E-state index < -0.39 is 11.5 Å². The van der Waals surface area contributed by atoms with Crippen molar-refractivity contribution in [3.8, 4) is 0 Å². The molecule has 0 fully saturated rings. The van der Waals surface area contributed by atoms with Crippen LogP contribution in [0.5, 0.6) is 0 Å². The second-order valence-corrected chi connectivity index (χ2v) is 4.97. The van der Waals surface area contributed by atoms with Crippen molar-refractivity contribution in [2.45, 2.75) is 23.8 Å². The molecule has 0 spiro atoms. The summed E-state index contributed by atoms with van der Waals surface area (Å²) in [4.78, 5) is 12.6. The van der Waals surface area contributed by atoms with Crippen LogP contribution < -0.4 is 5.32 Å². The normalized spacial score (nSPS) is 23.8. The highest BCUT2D eigenvalue weighted by Gasteiger charge is 2.42. The maximum Gasteiger partial charge on any atom is 0.328 e. The second-order valence-electron chi connectivity index (χ2n) is 3.84. The quantitative estimate of drug-likeness (QED) is 0.845. The Kier molecular flexibility index (Phi) is 3.21. The van der Waals surface area contributed by atoms with Gasteiger partial charge in [-0.1, -0.05) is 25.1 Å². The van der Waals surface area contributed by atoms with E-state index in [1.54, 1.807) is 11.8 Å². The third kappa shape index (κ3) is 1.72. The van der Waals surface area contributed by atoms with Crippen molar-refractivity contribution in [2.24, 2.45) is 0 Å². The minimum Gasteiger partial charge on any atom is -0.480 e. The molecule has 0 aromatic heterocycles. The Balaban J connectivity index is 2.52. The summed E-state index contributed by atoms with van der Waals surface area (Å²) >= 11 is 1.73. The predicted molar refractivity (Wildman–Crippen MR) is 64.8 cm³/mol. The molecule has 16 heavy (non-hydrogen) atoms. The van der Waals surface area contributed by atoms with Crippen LogP contribution in [0.3, 0.4) is 0 Å². The zero-order valence-corrected chi connectivity index (χ0v) is 10.0. The SMILES string of the molecule is CCNC1(C(=O)O)CCSc2ccccc21. The van der Waals surface area contributed by atoms with Crippen LogP contribution in [0.1, 0.15) is 18.9 Å². The molecule has 1 atom stereocenters. The smallest absolute Gasteiger partial charge is 0.328 e. The van der Waals surface area contributed by atoms with E-state index >= 15 is 0 Å². The molecule has 1 heterocycles.